The smallest absolute Gasteiger partial charge is 0.0640 e. The number of anilines is 1. The Hall–Kier alpha value is -1.49. The van der Waals surface area contributed by atoms with Crippen LogP contribution in [0.15, 0.2) is 24.3 Å². The van der Waals surface area contributed by atoms with Crippen molar-refractivity contribution >= 4 is 5.69 Å². The average Bonchev–Trinajstić information content (AvgIpc) is 2.26. The molecule has 15 heavy (non-hydrogen) atoms. The summed E-state index contributed by atoms with van der Waals surface area (Å²) in [6.07, 6.45) is 0.572. The molecular formula is C13H18N2. The zero-order valence-corrected chi connectivity index (χ0v) is 9.70. The minimum atomic E-state index is 0.572. The lowest BCUT2D eigenvalue weighted by Crippen LogP contribution is -2.17. The molecule has 80 valence electrons. The molecule has 0 saturated heterocycles. The summed E-state index contributed by atoms with van der Waals surface area (Å²) in [4.78, 5) is 2.10. The average molecular weight is 202 g/mol. The summed E-state index contributed by atoms with van der Waals surface area (Å²) in [5.74, 6) is 0.573. The van der Waals surface area contributed by atoms with Crippen LogP contribution in [0.1, 0.15) is 31.7 Å². The van der Waals surface area contributed by atoms with Crippen molar-refractivity contribution in [3.05, 3.63) is 29.8 Å². The molecule has 0 atom stereocenters. The summed E-state index contributed by atoms with van der Waals surface area (Å²) in [5.41, 5.74) is 2.53. The predicted octanol–water partition coefficient (Wildman–Crippen LogP) is 3.16. The normalized spacial score (nSPS) is 10.1. The van der Waals surface area contributed by atoms with Crippen LogP contribution in [0.25, 0.3) is 0 Å². The van der Waals surface area contributed by atoms with E-state index in [2.05, 4.69) is 49.1 Å². The highest BCUT2D eigenvalue weighted by molar-refractivity contribution is 5.47. The first-order chi connectivity index (χ1) is 7.15. The van der Waals surface area contributed by atoms with E-state index in [0.29, 0.717) is 12.3 Å². The number of nitrogens with zero attached hydrogens (tertiary/aromatic N) is 2. The van der Waals surface area contributed by atoms with Crippen molar-refractivity contribution in [2.75, 3.05) is 18.5 Å². The molecule has 2 heteroatoms. The van der Waals surface area contributed by atoms with Crippen LogP contribution in [-0.2, 0) is 0 Å². The van der Waals surface area contributed by atoms with Crippen molar-refractivity contribution in [3.63, 3.8) is 0 Å². The molecule has 0 heterocycles. The number of nitriles is 1. The lowest BCUT2D eigenvalue weighted by Gasteiger charge is -2.18. The van der Waals surface area contributed by atoms with Crippen LogP contribution in [0, 0.1) is 11.3 Å². The monoisotopic (exact) mass is 202 g/mol. The van der Waals surface area contributed by atoms with Crippen LogP contribution >= 0.6 is 0 Å². The molecule has 0 saturated carbocycles. The summed E-state index contributed by atoms with van der Waals surface area (Å²) in [6.45, 7) is 5.17. The molecule has 0 aliphatic carbocycles. The van der Waals surface area contributed by atoms with Gasteiger partial charge in [0.05, 0.1) is 12.5 Å². The Balaban J connectivity index is 2.67. The van der Waals surface area contributed by atoms with Gasteiger partial charge in [0.25, 0.3) is 0 Å². The third-order valence-corrected chi connectivity index (χ3v) is 2.56. The second kappa shape index (κ2) is 5.41. The zero-order chi connectivity index (χ0) is 11.3. The van der Waals surface area contributed by atoms with E-state index in [1.165, 1.54) is 11.3 Å². The van der Waals surface area contributed by atoms with Gasteiger partial charge in [0.1, 0.15) is 0 Å². The lowest BCUT2D eigenvalue weighted by atomic mass is 10.0. The van der Waals surface area contributed by atoms with Crippen LogP contribution < -0.4 is 4.90 Å². The van der Waals surface area contributed by atoms with Gasteiger partial charge in [-0.3, -0.25) is 0 Å². The van der Waals surface area contributed by atoms with Gasteiger partial charge in [-0.05, 0) is 23.6 Å². The largest absolute Gasteiger partial charge is 0.374 e. The van der Waals surface area contributed by atoms with Gasteiger partial charge in [0.15, 0.2) is 0 Å². The number of rotatable bonds is 4. The van der Waals surface area contributed by atoms with Crippen LogP contribution in [0.5, 0.6) is 0 Å². The molecule has 0 radical (unpaired) electrons. The van der Waals surface area contributed by atoms with Crippen LogP contribution in [0.4, 0.5) is 5.69 Å². The Kier molecular flexibility index (Phi) is 4.17. The lowest BCUT2D eigenvalue weighted by molar-refractivity contribution is 0.862. The maximum atomic E-state index is 8.50. The van der Waals surface area contributed by atoms with Crippen LogP contribution in [0.2, 0.25) is 0 Å². The van der Waals surface area contributed by atoms with Gasteiger partial charge >= 0.3 is 0 Å². The van der Waals surface area contributed by atoms with Crippen LogP contribution in [-0.4, -0.2) is 13.6 Å². The highest BCUT2D eigenvalue weighted by atomic mass is 15.1. The quantitative estimate of drug-likeness (QED) is 0.750. The zero-order valence-electron chi connectivity index (χ0n) is 9.70. The minimum absolute atomic E-state index is 0.572. The molecule has 1 aromatic carbocycles. The Morgan fingerprint density at radius 2 is 1.87 bits per heavy atom. The van der Waals surface area contributed by atoms with Gasteiger partial charge in [-0.1, -0.05) is 26.0 Å². The maximum absolute atomic E-state index is 8.50. The number of hydrogen-bond donors (Lipinski definition) is 0. The van der Waals surface area contributed by atoms with E-state index in [1.807, 2.05) is 7.05 Å². The van der Waals surface area contributed by atoms with E-state index in [-0.39, 0.29) is 0 Å². The standard InChI is InChI=1S/C13H18N2/c1-11(2)12-5-7-13(8-6-12)15(3)10-4-9-14/h5-8,11H,4,10H2,1-3H3. The van der Waals surface area contributed by atoms with Crippen molar-refractivity contribution < 1.29 is 0 Å². The summed E-state index contributed by atoms with van der Waals surface area (Å²) in [6, 6.07) is 10.7. The first-order valence-corrected chi connectivity index (χ1v) is 5.33. The van der Waals surface area contributed by atoms with Crippen molar-refractivity contribution in [1.82, 2.24) is 0 Å². The fraction of sp³-hybridized carbons (Fsp3) is 0.462. The third-order valence-electron chi connectivity index (χ3n) is 2.56. The van der Waals surface area contributed by atoms with Gasteiger partial charge < -0.3 is 4.90 Å². The van der Waals surface area contributed by atoms with Gasteiger partial charge in [0, 0.05) is 19.3 Å². The first kappa shape index (κ1) is 11.6. The SMILES string of the molecule is CC(C)c1ccc(N(C)CCC#N)cc1. The maximum Gasteiger partial charge on any atom is 0.0640 e. The Morgan fingerprint density at radius 3 is 2.33 bits per heavy atom. The van der Waals surface area contributed by atoms with E-state index in [9.17, 15) is 0 Å². The second-order valence-corrected chi connectivity index (χ2v) is 4.08. The summed E-state index contributed by atoms with van der Waals surface area (Å²) >= 11 is 0. The fourth-order valence-electron chi connectivity index (χ4n) is 1.46. The molecule has 0 unspecified atom stereocenters. The van der Waals surface area contributed by atoms with Gasteiger partial charge in [-0.2, -0.15) is 5.26 Å². The van der Waals surface area contributed by atoms with Gasteiger partial charge in [-0.25, -0.2) is 0 Å². The Labute approximate surface area is 92.1 Å². The van der Waals surface area contributed by atoms with E-state index in [4.69, 9.17) is 5.26 Å². The molecule has 1 aromatic rings. The fourth-order valence-corrected chi connectivity index (χ4v) is 1.46. The van der Waals surface area contributed by atoms with E-state index in [0.717, 1.165) is 6.54 Å². The van der Waals surface area contributed by atoms with Crippen molar-refractivity contribution in [2.24, 2.45) is 0 Å². The summed E-state index contributed by atoms with van der Waals surface area (Å²) < 4.78 is 0. The highest BCUT2D eigenvalue weighted by Gasteiger charge is 2.02. The molecule has 0 spiro atoms. The summed E-state index contributed by atoms with van der Waals surface area (Å²) in [5, 5.41) is 8.50. The van der Waals surface area contributed by atoms with Crippen molar-refractivity contribution in [1.29, 1.82) is 5.26 Å². The second-order valence-electron chi connectivity index (χ2n) is 4.08. The number of benzene rings is 1. The highest BCUT2D eigenvalue weighted by Crippen LogP contribution is 2.19. The van der Waals surface area contributed by atoms with E-state index >= 15 is 0 Å². The minimum Gasteiger partial charge on any atom is -0.374 e. The molecule has 2 nitrogen and oxygen atoms in total. The molecule has 0 N–H and O–H groups in total. The van der Waals surface area contributed by atoms with E-state index < -0.39 is 0 Å². The van der Waals surface area contributed by atoms with Gasteiger partial charge in [-0.15, -0.1) is 0 Å². The molecule has 0 aromatic heterocycles. The third kappa shape index (κ3) is 3.28. The Morgan fingerprint density at radius 1 is 1.27 bits per heavy atom. The topological polar surface area (TPSA) is 27.0 Å². The Bertz CT molecular complexity index is 333. The summed E-state index contributed by atoms with van der Waals surface area (Å²) in [7, 11) is 2.02. The molecular weight excluding hydrogens is 184 g/mol. The molecule has 0 fully saturated rings. The molecule has 1 rings (SSSR count). The van der Waals surface area contributed by atoms with E-state index in [1.54, 1.807) is 0 Å². The molecule has 0 amide bonds. The van der Waals surface area contributed by atoms with Gasteiger partial charge in [0.2, 0.25) is 0 Å². The molecule has 0 aliphatic heterocycles. The number of hydrogen-bond acceptors (Lipinski definition) is 2. The van der Waals surface area contributed by atoms with Crippen molar-refractivity contribution in [3.8, 4) is 6.07 Å². The van der Waals surface area contributed by atoms with Crippen LogP contribution in [0.3, 0.4) is 0 Å². The predicted molar refractivity (Wildman–Crippen MR) is 64.0 cm³/mol. The van der Waals surface area contributed by atoms with Crippen molar-refractivity contribution in [2.45, 2.75) is 26.2 Å². The first-order valence-electron chi connectivity index (χ1n) is 5.33. The molecule has 0 aliphatic rings. The molecule has 0 bridgehead atoms.